The lowest BCUT2D eigenvalue weighted by Crippen LogP contribution is -2.21. The molecule has 0 heterocycles. The molecule has 0 radical (unpaired) electrons. The predicted molar refractivity (Wildman–Crippen MR) is 112 cm³/mol. The molecule has 2 aromatic rings. The summed E-state index contributed by atoms with van der Waals surface area (Å²) in [7, 11) is 4.90. The summed E-state index contributed by atoms with van der Waals surface area (Å²) in [5, 5.41) is 3.50. The molecule has 0 saturated carbocycles. The zero-order valence-electron chi connectivity index (χ0n) is 17.2. The average Bonchev–Trinajstić information content (AvgIpc) is 2.72. The molecule has 2 rings (SSSR count). The molecule has 1 N–H and O–H groups in total. The molecule has 0 saturated heterocycles. The highest BCUT2D eigenvalue weighted by Crippen LogP contribution is 2.38. The van der Waals surface area contributed by atoms with E-state index in [1.165, 1.54) is 11.3 Å². The number of rotatable bonds is 11. The summed E-state index contributed by atoms with van der Waals surface area (Å²) in [6.07, 6.45) is 0.883. The third kappa shape index (κ3) is 5.54. The molecule has 0 bridgehead atoms. The SMILES string of the molecule is CCN(CC)c1ccc(CNCCc2cc(OC)c(OC)c(OC)c2)cc1. The van der Waals surface area contributed by atoms with Crippen LogP contribution in [0.25, 0.3) is 0 Å². The third-order valence-corrected chi connectivity index (χ3v) is 4.71. The summed E-state index contributed by atoms with van der Waals surface area (Å²) in [5.74, 6) is 2.02. The van der Waals surface area contributed by atoms with Crippen molar-refractivity contribution in [2.24, 2.45) is 0 Å². The first-order valence-corrected chi connectivity index (χ1v) is 9.50. The van der Waals surface area contributed by atoms with Gasteiger partial charge in [0.05, 0.1) is 21.3 Å². The number of benzene rings is 2. The number of anilines is 1. The molecular weight excluding hydrogens is 340 g/mol. The van der Waals surface area contributed by atoms with Crippen LogP contribution in [-0.2, 0) is 13.0 Å². The Morgan fingerprint density at radius 2 is 1.41 bits per heavy atom. The summed E-state index contributed by atoms with van der Waals surface area (Å²) in [4.78, 5) is 2.35. The minimum Gasteiger partial charge on any atom is -0.493 e. The number of ether oxygens (including phenoxy) is 3. The zero-order valence-corrected chi connectivity index (χ0v) is 17.2. The Kier molecular flexibility index (Phi) is 8.27. The fourth-order valence-corrected chi connectivity index (χ4v) is 3.16. The van der Waals surface area contributed by atoms with Crippen molar-refractivity contribution in [3.63, 3.8) is 0 Å². The summed E-state index contributed by atoms with van der Waals surface area (Å²) in [5.41, 5.74) is 3.71. The second-order valence-electron chi connectivity index (χ2n) is 6.30. The quantitative estimate of drug-likeness (QED) is 0.606. The first kappa shape index (κ1) is 20.9. The van der Waals surface area contributed by atoms with E-state index in [1.807, 2.05) is 12.1 Å². The molecular formula is C22H32N2O3. The molecule has 27 heavy (non-hydrogen) atoms. The topological polar surface area (TPSA) is 43.0 Å². The fourth-order valence-electron chi connectivity index (χ4n) is 3.16. The van der Waals surface area contributed by atoms with E-state index >= 15 is 0 Å². The lowest BCUT2D eigenvalue weighted by molar-refractivity contribution is 0.323. The van der Waals surface area contributed by atoms with Crippen molar-refractivity contribution in [2.45, 2.75) is 26.8 Å². The van der Waals surface area contributed by atoms with Crippen LogP contribution in [-0.4, -0.2) is 41.0 Å². The highest BCUT2D eigenvalue weighted by atomic mass is 16.5. The van der Waals surface area contributed by atoms with Crippen molar-refractivity contribution < 1.29 is 14.2 Å². The minimum absolute atomic E-state index is 0.630. The van der Waals surface area contributed by atoms with Gasteiger partial charge in [-0.05, 0) is 62.2 Å². The maximum Gasteiger partial charge on any atom is 0.203 e. The molecule has 148 valence electrons. The minimum atomic E-state index is 0.630. The van der Waals surface area contributed by atoms with Gasteiger partial charge in [-0.2, -0.15) is 0 Å². The molecule has 0 aliphatic carbocycles. The van der Waals surface area contributed by atoms with Gasteiger partial charge in [-0.25, -0.2) is 0 Å². The second-order valence-corrected chi connectivity index (χ2v) is 6.30. The van der Waals surface area contributed by atoms with Crippen molar-refractivity contribution in [1.82, 2.24) is 5.32 Å². The lowest BCUT2D eigenvalue weighted by atomic mass is 10.1. The molecule has 0 aromatic heterocycles. The monoisotopic (exact) mass is 372 g/mol. The van der Waals surface area contributed by atoms with Crippen molar-refractivity contribution in [1.29, 1.82) is 0 Å². The predicted octanol–water partition coefficient (Wildman–Crippen LogP) is 3.89. The van der Waals surface area contributed by atoms with Crippen LogP contribution in [0.2, 0.25) is 0 Å². The Balaban J connectivity index is 1.89. The Hall–Kier alpha value is -2.40. The Morgan fingerprint density at radius 1 is 0.815 bits per heavy atom. The molecule has 0 atom stereocenters. The van der Waals surface area contributed by atoms with E-state index < -0.39 is 0 Å². The average molecular weight is 373 g/mol. The first-order chi connectivity index (χ1) is 13.2. The molecule has 0 spiro atoms. The van der Waals surface area contributed by atoms with Gasteiger partial charge in [0.2, 0.25) is 5.75 Å². The number of nitrogens with one attached hydrogen (secondary N) is 1. The van der Waals surface area contributed by atoms with Crippen molar-refractivity contribution in [3.8, 4) is 17.2 Å². The van der Waals surface area contributed by atoms with Crippen LogP contribution in [0.4, 0.5) is 5.69 Å². The first-order valence-electron chi connectivity index (χ1n) is 9.50. The Morgan fingerprint density at radius 3 is 1.89 bits per heavy atom. The third-order valence-electron chi connectivity index (χ3n) is 4.71. The maximum absolute atomic E-state index is 5.41. The number of hydrogen-bond acceptors (Lipinski definition) is 5. The lowest BCUT2D eigenvalue weighted by Gasteiger charge is -2.21. The number of nitrogens with zero attached hydrogens (tertiary/aromatic N) is 1. The van der Waals surface area contributed by atoms with E-state index in [1.54, 1.807) is 21.3 Å². The number of methoxy groups -OCH3 is 3. The van der Waals surface area contributed by atoms with Crippen LogP contribution in [0.5, 0.6) is 17.2 Å². The van der Waals surface area contributed by atoms with E-state index in [0.29, 0.717) is 17.2 Å². The fraction of sp³-hybridized carbons (Fsp3) is 0.455. The molecule has 0 unspecified atom stereocenters. The second kappa shape index (κ2) is 10.7. The van der Waals surface area contributed by atoms with Crippen LogP contribution in [0.1, 0.15) is 25.0 Å². The molecule has 0 fully saturated rings. The zero-order chi connectivity index (χ0) is 19.6. The molecule has 5 heteroatoms. The highest BCUT2D eigenvalue weighted by molar-refractivity contribution is 5.54. The summed E-state index contributed by atoms with van der Waals surface area (Å²) in [6.45, 7) is 8.15. The van der Waals surface area contributed by atoms with E-state index in [9.17, 15) is 0 Å². The van der Waals surface area contributed by atoms with Gasteiger partial charge in [0.25, 0.3) is 0 Å². The molecule has 0 aliphatic heterocycles. The van der Waals surface area contributed by atoms with Gasteiger partial charge in [0.1, 0.15) is 0 Å². The van der Waals surface area contributed by atoms with Crippen LogP contribution >= 0.6 is 0 Å². The van der Waals surface area contributed by atoms with Crippen molar-refractivity contribution >= 4 is 5.69 Å². The van der Waals surface area contributed by atoms with Crippen LogP contribution < -0.4 is 24.4 Å². The van der Waals surface area contributed by atoms with Crippen LogP contribution in [0.3, 0.4) is 0 Å². The molecule has 2 aromatic carbocycles. The smallest absolute Gasteiger partial charge is 0.203 e. The van der Waals surface area contributed by atoms with Gasteiger partial charge in [-0.1, -0.05) is 12.1 Å². The van der Waals surface area contributed by atoms with Crippen LogP contribution in [0, 0.1) is 0 Å². The molecule has 0 amide bonds. The normalized spacial score (nSPS) is 10.6. The summed E-state index contributed by atoms with van der Waals surface area (Å²) >= 11 is 0. The van der Waals surface area contributed by atoms with E-state index in [4.69, 9.17) is 14.2 Å². The molecule has 0 aliphatic rings. The maximum atomic E-state index is 5.41. The standard InChI is InChI=1S/C22H32N2O3/c1-6-24(7-2)19-10-8-17(9-11-19)16-23-13-12-18-14-20(25-3)22(27-5)21(15-18)26-4/h8-11,14-15,23H,6-7,12-13,16H2,1-5H3. The van der Waals surface area contributed by atoms with Gasteiger partial charge in [0.15, 0.2) is 11.5 Å². The van der Waals surface area contributed by atoms with Crippen molar-refractivity contribution in [3.05, 3.63) is 47.5 Å². The van der Waals surface area contributed by atoms with E-state index in [-0.39, 0.29) is 0 Å². The van der Waals surface area contributed by atoms with E-state index in [2.05, 4.69) is 48.3 Å². The Labute approximate surface area is 163 Å². The van der Waals surface area contributed by atoms with Gasteiger partial charge in [0, 0.05) is 25.3 Å². The van der Waals surface area contributed by atoms with E-state index in [0.717, 1.165) is 38.2 Å². The summed E-state index contributed by atoms with van der Waals surface area (Å²) in [6, 6.07) is 12.8. The van der Waals surface area contributed by atoms with Crippen molar-refractivity contribution in [2.75, 3.05) is 45.9 Å². The van der Waals surface area contributed by atoms with Gasteiger partial charge in [-0.3, -0.25) is 0 Å². The van der Waals surface area contributed by atoms with Crippen LogP contribution in [0.15, 0.2) is 36.4 Å². The van der Waals surface area contributed by atoms with Gasteiger partial charge in [-0.15, -0.1) is 0 Å². The molecule has 5 nitrogen and oxygen atoms in total. The Bertz CT molecular complexity index is 672. The largest absolute Gasteiger partial charge is 0.493 e. The number of hydrogen-bond donors (Lipinski definition) is 1. The highest BCUT2D eigenvalue weighted by Gasteiger charge is 2.12. The van der Waals surface area contributed by atoms with Gasteiger partial charge >= 0.3 is 0 Å². The summed E-state index contributed by atoms with van der Waals surface area (Å²) < 4.78 is 16.2. The van der Waals surface area contributed by atoms with Gasteiger partial charge < -0.3 is 24.4 Å².